The van der Waals surface area contributed by atoms with E-state index in [9.17, 15) is 0 Å². The van der Waals surface area contributed by atoms with Crippen LogP contribution >= 0.6 is 0 Å². The number of H-pyrrole nitrogens is 1. The highest BCUT2D eigenvalue weighted by Gasteiger charge is 1.88. The van der Waals surface area contributed by atoms with E-state index in [1.807, 2.05) is 24.3 Å². The average Bonchev–Trinajstić information content (AvgIpc) is 2.67. The van der Waals surface area contributed by atoms with Gasteiger partial charge in [-0.3, -0.25) is 5.10 Å². The molecule has 1 heterocycles. The number of hydrogen-bond donors (Lipinski definition) is 2. The minimum Gasteiger partial charge on any atom is -0.399 e. The van der Waals surface area contributed by atoms with Crippen molar-refractivity contribution in [2.24, 2.45) is 0 Å². The van der Waals surface area contributed by atoms with Crippen molar-refractivity contribution in [1.29, 1.82) is 0 Å². The molecule has 3 heteroatoms. The molecule has 0 unspecified atom stereocenters. The van der Waals surface area contributed by atoms with Crippen LogP contribution in [-0.2, 0) is 0 Å². The fourth-order valence-electron chi connectivity index (χ4n) is 1.08. The van der Waals surface area contributed by atoms with E-state index in [-0.39, 0.29) is 0 Å². The third-order valence-corrected chi connectivity index (χ3v) is 1.74. The highest BCUT2D eigenvalue weighted by molar-refractivity contribution is 5.48. The SMILES string of the molecule is Nc1cccc(C#Cc2cn[nH]c2)c1. The molecular formula is C11H9N3. The number of rotatable bonds is 0. The summed E-state index contributed by atoms with van der Waals surface area (Å²) < 4.78 is 0. The fourth-order valence-corrected chi connectivity index (χ4v) is 1.08. The number of benzene rings is 1. The predicted molar refractivity (Wildman–Crippen MR) is 55.4 cm³/mol. The van der Waals surface area contributed by atoms with Gasteiger partial charge in [0.25, 0.3) is 0 Å². The molecule has 1 aromatic carbocycles. The first-order valence-corrected chi connectivity index (χ1v) is 4.21. The number of nitrogens with one attached hydrogen (secondary N) is 1. The Morgan fingerprint density at radius 2 is 2.07 bits per heavy atom. The lowest BCUT2D eigenvalue weighted by Crippen LogP contribution is -1.84. The van der Waals surface area contributed by atoms with Crippen molar-refractivity contribution >= 4 is 5.69 Å². The number of nitrogens with two attached hydrogens (primary N) is 1. The van der Waals surface area contributed by atoms with Gasteiger partial charge in [-0.25, -0.2) is 0 Å². The second kappa shape index (κ2) is 3.67. The molecule has 1 aromatic heterocycles. The minimum absolute atomic E-state index is 0.726. The molecule has 0 bridgehead atoms. The van der Waals surface area contributed by atoms with E-state index < -0.39 is 0 Å². The van der Waals surface area contributed by atoms with Gasteiger partial charge in [-0.1, -0.05) is 17.9 Å². The van der Waals surface area contributed by atoms with Crippen LogP contribution in [0.2, 0.25) is 0 Å². The zero-order valence-corrected chi connectivity index (χ0v) is 7.49. The molecule has 0 saturated carbocycles. The molecule has 0 spiro atoms. The summed E-state index contributed by atoms with van der Waals surface area (Å²) in [5, 5.41) is 6.50. The van der Waals surface area contributed by atoms with Gasteiger partial charge in [-0.2, -0.15) is 5.10 Å². The standard InChI is InChI=1S/C11H9N3/c12-11-3-1-2-9(6-11)4-5-10-7-13-14-8-10/h1-3,6-8H,12H2,(H,13,14). The second-order valence-corrected chi connectivity index (χ2v) is 2.86. The van der Waals surface area contributed by atoms with Crippen molar-refractivity contribution in [2.45, 2.75) is 0 Å². The Morgan fingerprint density at radius 3 is 2.79 bits per heavy atom. The zero-order chi connectivity index (χ0) is 9.80. The molecule has 2 rings (SSSR count). The Kier molecular flexibility index (Phi) is 2.20. The Morgan fingerprint density at radius 1 is 1.21 bits per heavy atom. The molecule has 3 nitrogen and oxygen atoms in total. The molecule has 0 radical (unpaired) electrons. The monoisotopic (exact) mass is 183 g/mol. The molecule has 0 fully saturated rings. The van der Waals surface area contributed by atoms with Crippen molar-refractivity contribution < 1.29 is 0 Å². The molecular weight excluding hydrogens is 174 g/mol. The molecule has 0 aliphatic rings. The second-order valence-electron chi connectivity index (χ2n) is 2.86. The molecule has 0 aliphatic carbocycles. The summed E-state index contributed by atoms with van der Waals surface area (Å²) >= 11 is 0. The van der Waals surface area contributed by atoms with Crippen molar-refractivity contribution in [3.8, 4) is 11.8 Å². The third-order valence-electron chi connectivity index (χ3n) is 1.74. The van der Waals surface area contributed by atoms with E-state index in [1.54, 1.807) is 12.4 Å². The Bertz CT molecular complexity index is 475. The Labute approximate surface area is 82.0 Å². The molecule has 2 aromatic rings. The smallest absolute Gasteiger partial charge is 0.0644 e. The first kappa shape index (κ1) is 8.39. The lowest BCUT2D eigenvalue weighted by molar-refractivity contribution is 1.09. The van der Waals surface area contributed by atoms with E-state index >= 15 is 0 Å². The topological polar surface area (TPSA) is 54.7 Å². The summed E-state index contributed by atoms with van der Waals surface area (Å²) in [6.45, 7) is 0. The molecule has 0 amide bonds. The number of aromatic nitrogens is 2. The van der Waals surface area contributed by atoms with Crippen LogP contribution in [0.4, 0.5) is 5.69 Å². The summed E-state index contributed by atoms with van der Waals surface area (Å²) in [6.07, 6.45) is 3.43. The summed E-state index contributed by atoms with van der Waals surface area (Å²) in [7, 11) is 0. The van der Waals surface area contributed by atoms with E-state index in [2.05, 4.69) is 22.0 Å². The largest absolute Gasteiger partial charge is 0.399 e. The summed E-state index contributed by atoms with van der Waals surface area (Å²) in [6, 6.07) is 7.48. The van der Waals surface area contributed by atoms with Gasteiger partial charge in [0.05, 0.1) is 11.8 Å². The molecule has 3 N–H and O–H groups in total. The number of aromatic amines is 1. The van der Waals surface area contributed by atoms with Gasteiger partial charge >= 0.3 is 0 Å². The fraction of sp³-hybridized carbons (Fsp3) is 0. The quantitative estimate of drug-likeness (QED) is 0.479. The van der Waals surface area contributed by atoms with E-state index in [4.69, 9.17) is 5.73 Å². The zero-order valence-electron chi connectivity index (χ0n) is 7.49. The molecule has 68 valence electrons. The van der Waals surface area contributed by atoms with Crippen LogP contribution < -0.4 is 5.73 Å². The van der Waals surface area contributed by atoms with Gasteiger partial charge in [0.1, 0.15) is 0 Å². The van der Waals surface area contributed by atoms with Crippen LogP contribution in [0.25, 0.3) is 0 Å². The maximum atomic E-state index is 5.62. The lowest BCUT2D eigenvalue weighted by atomic mass is 10.2. The maximum Gasteiger partial charge on any atom is 0.0644 e. The average molecular weight is 183 g/mol. The number of anilines is 1. The van der Waals surface area contributed by atoms with Crippen LogP contribution in [-0.4, -0.2) is 10.2 Å². The molecule has 14 heavy (non-hydrogen) atoms. The Balaban J connectivity index is 2.26. The number of hydrogen-bond acceptors (Lipinski definition) is 2. The molecule has 0 atom stereocenters. The maximum absolute atomic E-state index is 5.62. The summed E-state index contributed by atoms with van der Waals surface area (Å²) in [5.74, 6) is 5.97. The van der Waals surface area contributed by atoms with Crippen molar-refractivity contribution in [3.05, 3.63) is 47.8 Å². The first-order valence-electron chi connectivity index (χ1n) is 4.21. The highest BCUT2D eigenvalue weighted by atomic mass is 15.1. The van der Waals surface area contributed by atoms with Crippen molar-refractivity contribution in [3.63, 3.8) is 0 Å². The van der Waals surface area contributed by atoms with Crippen LogP contribution in [0.5, 0.6) is 0 Å². The van der Waals surface area contributed by atoms with E-state index in [0.717, 1.165) is 16.8 Å². The molecule has 0 saturated heterocycles. The normalized spacial score (nSPS) is 9.14. The van der Waals surface area contributed by atoms with Crippen LogP contribution in [0.1, 0.15) is 11.1 Å². The first-order chi connectivity index (χ1) is 6.84. The van der Waals surface area contributed by atoms with Gasteiger partial charge in [0, 0.05) is 17.4 Å². The highest BCUT2D eigenvalue weighted by Crippen LogP contribution is 2.04. The van der Waals surface area contributed by atoms with Crippen molar-refractivity contribution in [1.82, 2.24) is 10.2 Å². The van der Waals surface area contributed by atoms with Crippen LogP contribution in [0.15, 0.2) is 36.7 Å². The van der Waals surface area contributed by atoms with Gasteiger partial charge in [0.2, 0.25) is 0 Å². The predicted octanol–water partition coefficient (Wildman–Crippen LogP) is 1.39. The summed E-state index contributed by atoms with van der Waals surface area (Å²) in [4.78, 5) is 0. The van der Waals surface area contributed by atoms with Gasteiger partial charge < -0.3 is 5.73 Å². The Hall–Kier alpha value is -2.21. The van der Waals surface area contributed by atoms with Gasteiger partial charge in [0.15, 0.2) is 0 Å². The van der Waals surface area contributed by atoms with E-state index in [0.29, 0.717) is 0 Å². The van der Waals surface area contributed by atoms with Gasteiger partial charge in [-0.15, -0.1) is 0 Å². The number of nitrogen functional groups attached to an aromatic ring is 1. The van der Waals surface area contributed by atoms with E-state index in [1.165, 1.54) is 0 Å². The third kappa shape index (κ3) is 1.93. The number of nitrogens with zero attached hydrogens (tertiary/aromatic N) is 1. The van der Waals surface area contributed by atoms with Crippen LogP contribution in [0.3, 0.4) is 0 Å². The minimum atomic E-state index is 0.726. The summed E-state index contributed by atoms with van der Waals surface area (Å²) in [5.41, 5.74) is 8.12. The molecule has 0 aliphatic heterocycles. The van der Waals surface area contributed by atoms with Gasteiger partial charge in [-0.05, 0) is 18.2 Å². The lowest BCUT2D eigenvalue weighted by Gasteiger charge is -1.91. The van der Waals surface area contributed by atoms with Crippen molar-refractivity contribution in [2.75, 3.05) is 5.73 Å². The van der Waals surface area contributed by atoms with Crippen LogP contribution in [0, 0.1) is 11.8 Å².